The molecule has 2 rings (SSSR count). The first-order valence-corrected chi connectivity index (χ1v) is 7.88. The lowest BCUT2D eigenvalue weighted by Crippen LogP contribution is -2.43. The van der Waals surface area contributed by atoms with Gasteiger partial charge in [0.05, 0.1) is 18.0 Å². The van der Waals surface area contributed by atoms with Gasteiger partial charge in [-0.15, -0.1) is 0 Å². The number of hydrogen-bond donors (Lipinski definition) is 1. The van der Waals surface area contributed by atoms with Crippen LogP contribution in [0.3, 0.4) is 0 Å². The summed E-state index contributed by atoms with van der Waals surface area (Å²) in [5.41, 5.74) is 7.66. The van der Waals surface area contributed by atoms with Crippen LogP contribution < -0.4 is 5.73 Å². The molecule has 1 atom stereocenters. The van der Waals surface area contributed by atoms with E-state index in [2.05, 4.69) is 5.10 Å². The molecule has 7 heteroatoms. The van der Waals surface area contributed by atoms with Crippen LogP contribution in [0, 0.1) is 6.92 Å². The fourth-order valence-electron chi connectivity index (χ4n) is 2.47. The maximum Gasteiger partial charge on any atom is 0.274 e. The van der Waals surface area contributed by atoms with Crippen molar-refractivity contribution >= 4 is 23.4 Å². The van der Waals surface area contributed by atoms with Crippen molar-refractivity contribution < 1.29 is 9.53 Å². The molecule has 1 aromatic heterocycles. The number of thioether (sulfide) groups is 1. The zero-order valence-corrected chi connectivity index (χ0v) is 13.1. The zero-order valence-electron chi connectivity index (χ0n) is 12.3. The van der Waals surface area contributed by atoms with Crippen LogP contribution in [0.5, 0.6) is 0 Å². The molecule has 0 aromatic carbocycles. The molecule has 1 amide bonds. The molecule has 0 aliphatic carbocycles. The minimum Gasteiger partial charge on any atom is -0.395 e. The minimum absolute atomic E-state index is 0.0462. The molecule has 0 radical (unpaired) electrons. The molecule has 2 N–H and O–H groups in total. The number of nitrogen functional groups attached to an aromatic ring is 1. The summed E-state index contributed by atoms with van der Waals surface area (Å²) in [6, 6.07) is 0.261. The molecular formula is C13H22N4O2S. The molecule has 2 heterocycles. The predicted octanol–water partition coefficient (Wildman–Crippen LogP) is 0.905. The molecule has 0 saturated carbocycles. The first-order valence-electron chi connectivity index (χ1n) is 6.73. The van der Waals surface area contributed by atoms with Crippen LogP contribution in [0.4, 0.5) is 5.69 Å². The zero-order chi connectivity index (χ0) is 14.7. The highest BCUT2D eigenvalue weighted by Crippen LogP contribution is 2.25. The predicted molar refractivity (Wildman–Crippen MR) is 81.0 cm³/mol. The van der Waals surface area contributed by atoms with E-state index in [0.717, 1.165) is 17.9 Å². The van der Waals surface area contributed by atoms with E-state index in [1.165, 1.54) is 0 Å². The molecule has 1 fully saturated rings. The lowest BCUT2D eigenvalue weighted by Gasteiger charge is -2.28. The Bertz CT molecular complexity index is 483. The van der Waals surface area contributed by atoms with E-state index in [1.807, 2.05) is 23.6 Å². The smallest absolute Gasteiger partial charge is 0.274 e. The second kappa shape index (κ2) is 6.49. The first kappa shape index (κ1) is 15.2. The standard InChI is InChI=1S/C13H22N4O2S/c1-9-11(14)12(16(2)15-9)13(18)17(5-6-19-3)10-4-7-20-8-10/h10H,4-8,14H2,1-3H3. The lowest BCUT2D eigenvalue weighted by atomic mass is 10.2. The van der Waals surface area contributed by atoms with Crippen LogP contribution >= 0.6 is 11.8 Å². The van der Waals surface area contributed by atoms with Gasteiger partial charge in [-0.05, 0) is 19.1 Å². The number of methoxy groups -OCH3 is 1. The van der Waals surface area contributed by atoms with Gasteiger partial charge in [0.15, 0.2) is 0 Å². The van der Waals surface area contributed by atoms with E-state index in [0.29, 0.717) is 30.2 Å². The van der Waals surface area contributed by atoms with E-state index in [4.69, 9.17) is 10.5 Å². The van der Waals surface area contributed by atoms with Crippen molar-refractivity contribution in [1.82, 2.24) is 14.7 Å². The van der Waals surface area contributed by atoms with Gasteiger partial charge in [0, 0.05) is 32.5 Å². The third kappa shape index (κ3) is 2.93. The molecule has 20 heavy (non-hydrogen) atoms. The molecule has 6 nitrogen and oxygen atoms in total. The summed E-state index contributed by atoms with van der Waals surface area (Å²) in [7, 11) is 3.41. The van der Waals surface area contributed by atoms with Gasteiger partial charge in [-0.1, -0.05) is 0 Å². The number of ether oxygens (including phenoxy) is 1. The Balaban J connectivity index is 2.24. The Hall–Kier alpha value is -1.21. The lowest BCUT2D eigenvalue weighted by molar-refractivity contribution is 0.0615. The van der Waals surface area contributed by atoms with Gasteiger partial charge in [-0.2, -0.15) is 16.9 Å². The average molecular weight is 298 g/mol. The number of amides is 1. The SMILES string of the molecule is COCCN(C(=O)c1c(N)c(C)nn1C)C1CCSC1. The third-order valence-corrected chi connectivity index (χ3v) is 4.76. The normalized spacial score (nSPS) is 18.4. The van der Waals surface area contributed by atoms with Crippen LogP contribution in [0.1, 0.15) is 22.6 Å². The summed E-state index contributed by atoms with van der Waals surface area (Å²) in [5, 5.41) is 4.23. The number of carbonyl (C=O) groups excluding carboxylic acids is 1. The van der Waals surface area contributed by atoms with E-state index in [-0.39, 0.29) is 11.9 Å². The van der Waals surface area contributed by atoms with Crippen molar-refractivity contribution in [2.45, 2.75) is 19.4 Å². The maximum atomic E-state index is 12.8. The maximum absolute atomic E-state index is 12.8. The van der Waals surface area contributed by atoms with Crippen molar-refractivity contribution in [2.24, 2.45) is 7.05 Å². The molecule has 0 spiro atoms. The van der Waals surface area contributed by atoms with Crippen molar-refractivity contribution in [3.8, 4) is 0 Å². The molecular weight excluding hydrogens is 276 g/mol. The third-order valence-electron chi connectivity index (χ3n) is 3.61. The first-order chi connectivity index (χ1) is 9.56. The summed E-state index contributed by atoms with van der Waals surface area (Å²) >= 11 is 1.88. The monoisotopic (exact) mass is 298 g/mol. The van der Waals surface area contributed by atoms with Gasteiger partial charge in [0.1, 0.15) is 5.69 Å². The Morgan fingerprint density at radius 1 is 1.65 bits per heavy atom. The number of anilines is 1. The molecule has 1 unspecified atom stereocenters. The number of rotatable bonds is 5. The Labute approximate surface area is 123 Å². The van der Waals surface area contributed by atoms with Crippen molar-refractivity contribution in [3.05, 3.63) is 11.4 Å². The summed E-state index contributed by atoms with van der Waals surface area (Å²) in [6.07, 6.45) is 1.02. The van der Waals surface area contributed by atoms with Gasteiger partial charge in [-0.3, -0.25) is 9.48 Å². The molecule has 1 aliphatic rings. The van der Waals surface area contributed by atoms with Gasteiger partial charge < -0.3 is 15.4 Å². The highest BCUT2D eigenvalue weighted by atomic mass is 32.2. The number of carbonyl (C=O) groups is 1. The Morgan fingerprint density at radius 3 is 2.90 bits per heavy atom. The highest BCUT2D eigenvalue weighted by molar-refractivity contribution is 7.99. The van der Waals surface area contributed by atoms with E-state index < -0.39 is 0 Å². The topological polar surface area (TPSA) is 73.4 Å². The number of nitrogens with two attached hydrogens (primary N) is 1. The van der Waals surface area contributed by atoms with Gasteiger partial charge in [0.2, 0.25) is 0 Å². The van der Waals surface area contributed by atoms with E-state index in [1.54, 1.807) is 18.8 Å². The second-order valence-corrected chi connectivity index (χ2v) is 6.13. The average Bonchev–Trinajstić information content (AvgIpc) is 3.00. The number of aryl methyl sites for hydroxylation is 2. The summed E-state index contributed by atoms with van der Waals surface area (Å²) in [6.45, 7) is 2.94. The van der Waals surface area contributed by atoms with Crippen LogP contribution in [-0.2, 0) is 11.8 Å². The largest absolute Gasteiger partial charge is 0.395 e. The Kier molecular flexibility index (Phi) is 4.93. The quantitative estimate of drug-likeness (QED) is 0.874. The number of nitrogens with zero attached hydrogens (tertiary/aromatic N) is 3. The van der Waals surface area contributed by atoms with Crippen LogP contribution in [-0.4, -0.2) is 58.4 Å². The molecule has 112 valence electrons. The molecule has 1 saturated heterocycles. The minimum atomic E-state index is -0.0462. The van der Waals surface area contributed by atoms with Crippen molar-refractivity contribution in [1.29, 1.82) is 0 Å². The number of hydrogen-bond acceptors (Lipinski definition) is 5. The van der Waals surface area contributed by atoms with E-state index in [9.17, 15) is 4.79 Å². The summed E-state index contributed by atoms with van der Waals surface area (Å²) < 4.78 is 6.71. The fourth-order valence-corrected chi connectivity index (χ4v) is 3.70. The number of aromatic nitrogens is 2. The van der Waals surface area contributed by atoms with E-state index >= 15 is 0 Å². The molecule has 1 aromatic rings. The van der Waals surface area contributed by atoms with Gasteiger partial charge >= 0.3 is 0 Å². The Morgan fingerprint density at radius 2 is 2.40 bits per heavy atom. The molecule has 0 bridgehead atoms. The van der Waals surface area contributed by atoms with Crippen molar-refractivity contribution in [2.75, 3.05) is 37.5 Å². The van der Waals surface area contributed by atoms with Crippen LogP contribution in [0.2, 0.25) is 0 Å². The van der Waals surface area contributed by atoms with Crippen LogP contribution in [0.25, 0.3) is 0 Å². The molecule has 1 aliphatic heterocycles. The fraction of sp³-hybridized carbons (Fsp3) is 0.692. The van der Waals surface area contributed by atoms with Crippen LogP contribution in [0.15, 0.2) is 0 Å². The van der Waals surface area contributed by atoms with Crippen molar-refractivity contribution in [3.63, 3.8) is 0 Å². The highest BCUT2D eigenvalue weighted by Gasteiger charge is 2.30. The second-order valence-electron chi connectivity index (χ2n) is 4.98. The summed E-state index contributed by atoms with van der Waals surface area (Å²) in [4.78, 5) is 14.7. The van der Waals surface area contributed by atoms with Gasteiger partial charge in [0.25, 0.3) is 5.91 Å². The van der Waals surface area contributed by atoms with Gasteiger partial charge in [-0.25, -0.2) is 0 Å². The summed E-state index contributed by atoms with van der Waals surface area (Å²) in [5.74, 6) is 2.03.